The van der Waals surface area contributed by atoms with Crippen LogP contribution >= 0.6 is 0 Å². The smallest absolute Gasteiger partial charge is 0.337 e. The molecule has 106 valence electrons. The summed E-state index contributed by atoms with van der Waals surface area (Å²) in [7, 11) is 0. The zero-order valence-corrected chi connectivity index (χ0v) is 11.8. The molecule has 0 atom stereocenters. The van der Waals surface area contributed by atoms with E-state index in [4.69, 9.17) is 0 Å². The first-order valence-electron chi connectivity index (χ1n) is 6.90. The summed E-state index contributed by atoms with van der Waals surface area (Å²) in [6.07, 6.45) is 1.64. The third-order valence-corrected chi connectivity index (χ3v) is 3.56. The minimum atomic E-state index is -0.947. The molecule has 2 N–H and O–H groups in total. The summed E-state index contributed by atoms with van der Waals surface area (Å²) in [5.74, 6) is -0.128. The van der Waals surface area contributed by atoms with Gasteiger partial charge in [-0.25, -0.2) is 9.78 Å². The number of nitrogens with one attached hydrogen (secondary N) is 1. The number of carboxylic acids is 1. The molecule has 0 aliphatic heterocycles. The third kappa shape index (κ3) is 2.79. The highest BCUT2D eigenvalue weighted by Crippen LogP contribution is 2.17. The van der Waals surface area contributed by atoms with Crippen molar-refractivity contribution in [2.45, 2.75) is 19.8 Å². The van der Waals surface area contributed by atoms with Crippen molar-refractivity contribution in [3.63, 3.8) is 0 Å². The maximum Gasteiger partial charge on any atom is 0.337 e. The van der Waals surface area contributed by atoms with Crippen LogP contribution in [-0.2, 0) is 12.8 Å². The Morgan fingerprint density at radius 2 is 1.90 bits per heavy atom. The van der Waals surface area contributed by atoms with Gasteiger partial charge in [-0.15, -0.1) is 0 Å². The van der Waals surface area contributed by atoms with Crippen LogP contribution < -0.4 is 0 Å². The highest BCUT2D eigenvalue weighted by Gasteiger charge is 2.12. The number of hydrogen-bond donors (Lipinski definition) is 2. The van der Waals surface area contributed by atoms with Crippen molar-refractivity contribution in [3.05, 3.63) is 65.0 Å². The van der Waals surface area contributed by atoms with Gasteiger partial charge in [-0.2, -0.15) is 0 Å². The number of fused-ring (bicyclic) bond motifs is 1. The molecular weight excluding hydrogens is 264 g/mol. The second-order valence-electron chi connectivity index (χ2n) is 5.18. The molecule has 3 aromatic rings. The van der Waals surface area contributed by atoms with Crippen molar-refractivity contribution in [1.29, 1.82) is 0 Å². The van der Waals surface area contributed by atoms with Crippen molar-refractivity contribution in [1.82, 2.24) is 9.97 Å². The van der Waals surface area contributed by atoms with Crippen molar-refractivity contribution >= 4 is 17.0 Å². The number of aromatic amines is 1. The number of aromatic nitrogens is 2. The fourth-order valence-corrected chi connectivity index (χ4v) is 2.39. The van der Waals surface area contributed by atoms with Crippen LogP contribution in [0.1, 0.15) is 27.3 Å². The summed E-state index contributed by atoms with van der Waals surface area (Å²) in [5.41, 5.74) is 4.04. The Labute approximate surface area is 122 Å². The van der Waals surface area contributed by atoms with Crippen LogP contribution in [0.4, 0.5) is 0 Å². The topological polar surface area (TPSA) is 66.0 Å². The van der Waals surface area contributed by atoms with E-state index in [0.717, 1.165) is 24.2 Å². The Bertz CT molecular complexity index is 788. The molecule has 0 aliphatic rings. The molecule has 3 rings (SSSR count). The van der Waals surface area contributed by atoms with Gasteiger partial charge < -0.3 is 10.1 Å². The van der Waals surface area contributed by atoms with Crippen LogP contribution in [0.2, 0.25) is 0 Å². The zero-order chi connectivity index (χ0) is 14.8. The number of hydrogen-bond acceptors (Lipinski definition) is 2. The molecule has 0 amide bonds. The number of rotatable bonds is 4. The van der Waals surface area contributed by atoms with Crippen molar-refractivity contribution in [3.8, 4) is 0 Å². The molecule has 2 aromatic carbocycles. The van der Waals surface area contributed by atoms with Crippen LogP contribution in [0.15, 0.2) is 42.5 Å². The van der Waals surface area contributed by atoms with Gasteiger partial charge in [-0.05, 0) is 31.0 Å². The monoisotopic (exact) mass is 280 g/mol. The molecule has 1 heterocycles. The Kier molecular flexibility index (Phi) is 3.44. The number of aryl methyl sites for hydroxylation is 3. The largest absolute Gasteiger partial charge is 0.478 e. The van der Waals surface area contributed by atoms with Crippen LogP contribution in [0.25, 0.3) is 11.0 Å². The van der Waals surface area contributed by atoms with Crippen LogP contribution in [-0.4, -0.2) is 21.0 Å². The minimum Gasteiger partial charge on any atom is -0.478 e. The summed E-state index contributed by atoms with van der Waals surface area (Å²) in [5, 5.41) is 9.17. The fraction of sp³-hybridized carbons (Fsp3) is 0.176. The van der Waals surface area contributed by atoms with Gasteiger partial charge in [0.05, 0.1) is 11.1 Å². The number of imidazole rings is 1. The van der Waals surface area contributed by atoms with Crippen LogP contribution in [0.5, 0.6) is 0 Å². The molecular formula is C17H16N2O2. The lowest BCUT2D eigenvalue weighted by Crippen LogP contribution is -1.97. The molecule has 0 saturated heterocycles. The SMILES string of the molecule is Cc1ccc(CCc2nc3c(C(=O)O)cccc3[nH]2)cc1. The molecule has 0 saturated carbocycles. The fourth-order valence-electron chi connectivity index (χ4n) is 2.39. The normalized spacial score (nSPS) is 10.9. The molecule has 4 nitrogen and oxygen atoms in total. The number of carboxylic acid groups (broad SMARTS) is 1. The first-order chi connectivity index (χ1) is 10.1. The molecule has 0 unspecified atom stereocenters. The highest BCUT2D eigenvalue weighted by atomic mass is 16.4. The Balaban J connectivity index is 1.83. The highest BCUT2D eigenvalue weighted by molar-refractivity contribution is 6.00. The predicted octanol–water partition coefficient (Wildman–Crippen LogP) is 3.35. The van der Waals surface area contributed by atoms with Crippen molar-refractivity contribution in [2.75, 3.05) is 0 Å². The van der Waals surface area contributed by atoms with E-state index in [2.05, 4.69) is 41.2 Å². The predicted molar refractivity (Wildman–Crippen MR) is 81.6 cm³/mol. The lowest BCUT2D eigenvalue weighted by Gasteiger charge is -2.00. The van der Waals surface area contributed by atoms with E-state index in [-0.39, 0.29) is 5.56 Å². The Morgan fingerprint density at radius 3 is 2.62 bits per heavy atom. The molecule has 0 aliphatic carbocycles. The Morgan fingerprint density at radius 1 is 1.14 bits per heavy atom. The van der Waals surface area contributed by atoms with Gasteiger partial charge in [0.15, 0.2) is 0 Å². The molecule has 4 heteroatoms. The average molecular weight is 280 g/mol. The maximum absolute atomic E-state index is 11.2. The van der Waals surface area contributed by atoms with Crippen molar-refractivity contribution in [2.24, 2.45) is 0 Å². The van der Waals surface area contributed by atoms with E-state index >= 15 is 0 Å². The summed E-state index contributed by atoms with van der Waals surface area (Å²) in [6.45, 7) is 2.07. The molecule has 21 heavy (non-hydrogen) atoms. The summed E-state index contributed by atoms with van der Waals surface area (Å²) in [4.78, 5) is 18.8. The molecule has 1 aromatic heterocycles. The second kappa shape index (κ2) is 5.40. The van der Waals surface area contributed by atoms with E-state index in [1.54, 1.807) is 12.1 Å². The summed E-state index contributed by atoms with van der Waals surface area (Å²) >= 11 is 0. The van der Waals surface area contributed by atoms with E-state index in [9.17, 15) is 9.90 Å². The lowest BCUT2D eigenvalue weighted by atomic mass is 10.1. The first-order valence-corrected chi connectivity index (χ1v) is 6.90. The molecule has 0 fully saturated rings. The van der Waals surface area contributed by atoms with Crippen LogP contribution in [0, 0.1) is 6.92 Å². The summed E-state index contributed by atoms with van der Waals surface area (Å²) in [6, 6.07) is 13.6. The first kappa shape index (κ1) is 13.4. The lowest BCUT2D eigenvalue weighted by molar-refractivity contribution is 0.0699. The minimum absolute atomic E-state index is 0.241. The van der Waals surface area contributed by atoms with Gasteiger partial charge in [0.2, 0.25) is 0 Å². The standard InChI is InChI=1S/C17H16N2O2/c1-11-5-7-12(8-6-11)9-10-15-18-14-4-2-3-13(17(20)21)16(14)19-15/h2-8H,9-10H2,1H3,(H,18,19)(H,20,21). The molecule has 0 bridgehead atoms. The number of nitrogens with zero attached hydrogens (tertiary/aromatic N) is 1. The summed E-state index contributed by atoms with van der Waals surface area (Å²) < 4.78 is 0. The van der Waals surface area contributed by atoms with Gasteiger partial charge in [-0.1, -0.05) is 35.9 Å². The third-order valence-electron chi connectivity index (χ3n) is 3.56. The number of aromatic carboxylic acids is 1. The van der Waals surface area contributed by atoms with E-state index in [0.29, 0.717) is 5.52 Å². The van der Waals surface area contributed by atoms with Gasteiger partial charge >= 0.3 is 5.97 Å². The number of para-hydroxylation sites is 1. The molecule has 0 radical (unpaired) electrons. The maximum atomic E-state index is 11.2. The van der Waals surface area contributed by atoms with Gasteiger partial charge in [0, 0.05) is 6.42 Å². The Hall–Kier alpha value is -2.62. The molecule has 0 spiro atoms. The number of benzene rings is 2. The number of carbonyl (C=O) groups is 1. The van der Waals surface area contributed by atoms with E-state index in [1.807, 2.05) is 6.07 Å². The van der Waals surface area contributed by atoms with Crippen molar-refractivity contribution < 1.29 is 9.90 Å². The van der Waals surface area contributed by atoms with E-state index in [1.165, 1.54) is 11.1 Å². The average Bonchev–Trinajstić information content (AvgIpc) is 2.89. The van der Waals surface area contributed by atoms with Crippen LogP contribution in [0.3, 0.4) is 0 Å². The second-order valence-corrected chi connectivity index (χ2v) is 5.18. The van der Waals surface area contributed by atoms with Gasteiger partial charge in [0.1, 0.15) is 11.3 Å². The zero-order valence-electron chi connectivity index (χ0n) is 11.8. The number of H-pyrrole nitrogens is 1. The van der Waals surface area contributed by atoms with E-state index < -0.39 is 5.97 Å². The van der Waals surface area contributed by atoms with Gasteiger partial charge in [-0.3, -0.25) is 0 Å². The van der Waals surface area contributed by atoms with Gasteiger partial charge in [0.25, 0.3) is 0 Å². The quantitative estimate of drug-likeness (QED) is 0.770.